The maximum absolute atomic E-state index is 12.4. The van der Waals surface area contributed by atoms with Gasteiger partial charge < -0.3 is 15.0 Å². The van der Waals surface area contributed by atoms with Crippen LogP contribution >= 0.6 is 0 Å². The van der Waals surface area contributed by atoms with Crippen molar-refractivity contribution in [3.63, 3.8) is 0 Å². The first-order valence-electron chi connectivity index (χ1n) is 8.67. The Kier molecular flexibility index (Phi) is 5.59. The monoisotopic (exact) mass is 380 g/mol. The quantitative estimate of drug-likeness (QED) is 0.756. The highest BCUT2D eigenvalue weighted by atomic mass is 32.2. The van der Waals surface area contributed by atoms with E-state index in [0.29, 0.717) is 37.3 Å². The SMILES string of the molecule is CS(=O)(=O)N1CCC[C@H](CNC(=O)c2ccc3c(c2)ncn3CCO)C1. The molecule has 2 N–H and O–H groups in total. The van der Waals surface area contributed by atoms with Gasteiger partial charge in [-0.25, -0.2) is 17.7 Å². The van der Waals surface area contributed by atoms with Crippen molar-refractivity contribution < 1.29 is 18.3 Å². The number of benzene rings is 1. The zero-order valence-corrected chi connectivity index (χ0v) is 15.6. The van der Waals surface area contributed by atoms with Crippen molar-refractivity contribution in [2.24, 2.45) is 5.92 Å². The predicted octanol–water partition coefficient (Wildman–Crippen LogP) is 0.430. The normalized spacial score (nSPS) is 18.9. The van der Waals surface area contributed by atoms with Crippen LogP contribution in [0.5, 0.6) is 0 Å². The third-order valence-corrected chi connectivity index (χ3v) is 6.00. The first-order chi connectivity index (χ1) is 12.4. The summed E-state index contributed by atoms with van der Waals surface area (Å²) in [6.45, 7) is 1.93. The summed E-state index contributed by atoms with van der Waals surface area (Å²) >= 11 is 0. The summed E-state index contributed by atoms with van der Waals surface area (Å²) in [5.74, 6) is -0.0741. The molecule has 9 heteroatoms. The summed E-state index contributed by atoms with van der Waals surface area (Å²) in [7, 11) is -3.18. The first-order valence-corrected chi connectivity index (χ1v) is 10.5. The summed E-state index contributed by atoms with van der Waals surface area (Å²) in [4.78, 5) is 16.7. The molecule has 0 unspecified atom stereocenters. The van der Waals surface area contributed by atoms with Gasteiger partial charge in [-0.2, -0.15) is 0 Å². The summed E-state index contributed by atoms with van der Waals surface area (Å²) in [5, 5.41) is 12.0. The Labute approximate surface area is 152 Å². The van der Waals surface area contributed by atoms with Crippen LogP contribution in [-0.4, -0.2) is 65.8 Å². The lowest BCUT2D eigenvalue weighted by Crippen LogP contribution is -2.43. The number of nitrogens with one attached hydrogen (secondary N) is 1. The molecule has 1 aliphatic heterocycles. The number of aromatic nitrogens is 2. The fourth-order valence-electron chi connectivity index (χ4n) is 3.32. The van der Waals surface area contributed by atoms with Crippen LogP contribution in [0.4, 0.5) is 0 Å². The molecule has 3 rings (SSSR count). The molecule has 1 amide bonds. The molecule has 1 aromatic carbocycles. The topological polar surface area (TPSA) is 105 Å². The standard InChI is InChI=1S/C17H24N4O4S/c1-26(24,25)21-6-2-3-13(11-21)10-18-17(23)14-4-5-16-15(9-14)19-12-20(16)7-8-22/h4-5,9,12-13,22H,2-3,6-8,10-11H2,1H3,(H,18,23)/t13-/m1/s1. The van der Waals surface area contributed by atoms with Crippen LogP contribution < -0.4 is 5.32 Å². The van der Waals surface area contributed by atoms with Crippen molar-refractivity contribution in [2.75, 3.05) is 32.5 Å². The molecule has 26 heavy (non-hydrogen) atoms. The molecule has 1 fully saturated rings. The Morgan fingerprint density at radius 1 is 1.42 bits per heavy atom. The summed E-state index contributed by atoms with van der Waals surface area (Å²) in [6, 6.07) is 5.28. The van der Waals surface area contributed by atoms with Gasteiger partial charge in [0.15, 0.2) is 0 Å². The molecule has 142 valence electrons. The molecular formula is C17H24N4O4S. The second-order valence-electron chi connectivity index (χ2n) is 6.70. The molecule has 0 aliphatic carbocycles. The van der Waals surface area contributed by atoms with E-state index in [1.54, 1.807) is 18.5 Å². The summed E-state index contributed by atoms with van der Waals surface area (Å²) in [6.07, 6.45) is 4.57. The minimum atomic E-state index is -3.18. The van der Waals surface area contributed by atoms with Gasteiger partial charge in [0, 0.05) is 31.7 Å². The first kappa shape index (κ1) is 18.8. The Hall–Kier alpha value is -1.97. The van der Waals surface area contributed by atoms with E-state index < -0.39 is 10.0 Å². The van der Waals surface area contributed by atoms with E-state index in [0.717, 1.165) is 18.4 Å². The van der Waals surface area contributed by atoms with Crippen molar-refractivity contribution >= 4 is 27.0 Å². The number of fused-ring (bicyclic) bond motifs is 1. The number of carbonyl (C=O) groups is 1. The van der Waals surface area contributed by atoms with Gasteiger partial charge in [0.05, 0.1) is 30.2 Å². The zero-order chi connectivity index (χ0) is 18.7. The van der Waals surface area contributed by atoms with E-state index in [2.05, 4.69) is 10.3 Å². The molecule has 1 aromatic heterocycles. The van der Waals surface area contributed by atoms with Crippen LogP contribution in [-0.2, 0) is 16.6 Å². The molecular weight excluding hydrogens is 356 g/mol. The van der Waals surface area contributed by atoms with Crippen LogP contribution in [0.1, 0.15) is 23.2 Å². The van der Waals surface area contributed by atoms with Crippen molar-refractivity contribution in [3.05, 3.63) is 30.1 Å². The number of sulfonamides is 1. The number of imidazole rings is 1. The third kappa shape index (κ3) is 4.22. The number of piperidine rings is 1. The van der Waals surface area contributed by atoms with Crippen LogP contribution in [0.15, 0.2) is 24.5 Å². The van der Waals surface area contributed by atoms with E-state index in [9.17, 15) is 13.2 Å². The van der Waals surface area contributed by atoms with E-state index in [-0.39, 0.29) is 18.4 Å². The average Bonchev–Trinajstić information content (AvgIpc) is 3.02. The Morgan fingerprint density at radius 2 is 2.23 bits per heavy atom. The molecule has 0 radical (unpaired) electrons. The summed E-state index contributed by atoms with van der Waals surface area (Å²) < 4.78 is 26.7. The number of nitrogens with zero attached hydrogens (tertiary/aromatic N) is 3. The largest absolute Gasteiger partial charge is 0.395 e. The van der Waals surface area contributed by atoms with Crippen molar-refractivity contribution in [2.45, 2.75) is 19.4 Å². The maximum atomic E-state index is 12.4. The van der Waals surface area contributed by atoms with Gasteiger partial charge in [-0.1, -0.05) is 0 Å². The van der Waals surface area contributed by atoms with Gasteiger partial charge in [-0.15, -0.1) is 0 Å². The molecule has 0 saturated carbocycles. The fourth-order valence-corrected chi connectivity index (χ4v) is 4.27. The molecule has 8 nitrogen and oxygen atoms in total. The smallest absolute Gasteiger partial charge is 0.251 e. The predicted molar refractivity (Wildman–Crippen MR) is 98.3 cm³/mol. The van der Waals surface area contributed by atoms with Gasteiger partial charge in [0.2, 0.25) is 10.0 Å². The van der Waals surface area contributed by atoms with E-state index >= 15 is 0 Å². The minimum Gasteiger partial charge on any atom is -0.395 e. The van der Waals surface area contributed by atoms with Gasteiger partial charge in [0.1, 0.15) is 0 Å². The van der Waals surface area contributed by atoms with Gasteiger partial charge in [-0.05, 0) is 37.0 Å². The van der Waals surface area contributed by atoms with Crippen LogP contribution in [0.2, 0.25) is 0 Å². The van der Waals surface area contributed by atoms with Crippen LogP contribution in [0, 0.1) is 5.92 Å². The molecule has 0 bridgehead atoms. The van der Waals surface area contributed by atoms with Gasteiger partial charge >= 0.3 is 0 Å². The Balaban J connectivity index is 1.62. The maximum Gasteiger partial charge on any atom is 0.251 e. The van der Waals surface area contributed by atoms with Crippen LogP contribution in [0.3, 0.4) is 0 Å². The lowest BCUT2D eigenvalue weighted by Gasteiger charge is -2.30. The zero-order valence-electron chi connectivity index (χ0n) is 14.8. The highest BCUT2D eigenvalue weighted by molar-refractivity contribution is 7.88. The van der Waals surface area contributed by atoms with Crippen molar-refractivity contribution in [3.8, 4) is 0 Å². The number of rotatable bonds is 6. The Morgan fingerprint density at radius 3 is 2.96 bits per heavy atom. The van der Waals surface area contributed by atoms with E-state index in [1.807, 2.05) is 10.6 Å². The fraction of sp³-hybridized carbons (Fsp3) is 0.529. The molecule has 0 spiro atoms. The summed E-state index contributed by atoms with van der Waals surface area (Å²) in [5.41, 5.74) is 2.08. The minimum absolute atomic E-state index is 0.0274. The second kappa shape index (κ2) is 7.73. The number of carbonyl (C=O) groups excluding carboxylic acids is 1. The highest BCUT2D eigenvalue weighted by Gasteiger charge is 2.26. The van der Waals surface area contributed by atoms with Crippen LogP contribution in [0.25, 0.3) is 11.0 Å². The number of amides is 1. The molecule has 1 saturated heterocycles. The third-order valence-electron chi connectivity index (χ3n) is 4.73. The molecule has 1 aliphatic rings. The molecule has 2 heterocycles. The molecule has 2 aromatic rings. The Bertz CT molecular complexity index is 893. The number of hydrogen-bond acceptors (Lipinski definition) is 5. The molecule has 1 atom stereocenters. The number of aliphatic hydroxyl groups excluding tert-OH is 1. The number of aliphatic hydroxyl groups is 1. The lowest BCUT2D eigenvalue weighted by molar-refractivity contribution is 0.0941. The highest BCUT2D eigenvalue weighted by Crippen LogP contribution is 2.19. The second-order valence-corrected chi connectivity index (χ2v) is 8.69. The van der Waals surface area contributed by atoms with Crippen molar-refractivity contribution in [1.82, 2.24) is 19.2 Å². The van der Waals surface area contributed by atoms with Gasteiger partial charge in [-0.3, -0.25) is 4.79 Å². The van der Waals surface area contributed by atoms with E-state index in [4.69, 9.17) is 5.11 Å². The van der Waals surface area contributed by atoms with Crippen molar-refractivity contribution in [1.29, 1.82) is 0 Å². The number of hydrogen-bond donors (Lipinski definition) is 2. The van der Waals surface area contributed by atoms with Gasteiger partial charge in [0.25, 0.3) is 5.91 Å². The average molecular weight is 380 g/mol. The van der Waals surface area contributed by atoms with E-state index in [1.165, 1.54) is 10.6 Å². The lowest BCUT2D eigenvalue weighted by atomic mass is 9.99.